The Morgan fingerprint density at radius 3 is 2.19 bits per heavy atom. The number of carbonyl (C=O) groups is 1. The van der Waals surface area contributed by atoms with E-state index < -0.39 is 17.8 Å². The summed E-state index contributed by atoms with van der Waals surface area (Å²) in [5.41, 5.74) is 6.79. The van der Waals surface area contributed by atoms with Gasteiger partial charge < -0.3 is 5.73 Å². The fraction of sp³-hybridized carbons (Fsp3) is 0.0435. The molecule has 0 bridgehead atoms. The van der Waals surface area contributed by atoms with Crippen molar-refractivity contribution in [2.24, 2.45) is 5.73 Å². The van der Waals surface area contributed by atoms with E-state index >= 15 is 0 Å². The van der Waals surface area contributed by atoms with Gasteiger partial charge in [-0.25, -0.2) is 4.68 Å². The average Bonchev–Trinajstić information content (AvgIpc) is 3.19. The molecule has 32 heavy (non-hydrogen) atoms. The number of carbonyl (C=O) groups excluding carboxylic acids is 1. The molecular weight excluding hydrogens is 462 g/mol. The van der Waals surface area contributed by atoms with Crippen molar-refractivity contribution in [2.45, 2.75) is 6.18 Å². The van der Waals surface area contributed by atoms with Crippen LogP contribution in [0.4, 0.5) is 13.2 Å². The second-order valence-electron chi connectivity index (χ2n) is 6.94. The van der Waals surface area contributed by atoms with E-state index in [0.29, 0.717) is 16.3 Å². The highest BCUT2D eigenvalue weighted by molar-refractivity contribution is 6.33. The lowest BCUT2D eigenvalue weighted by molar-refractivity contribution is -0.141. The maximum Gasteiger partial charge on any atom is 0.435 e. The number of benzene rings is 3. The summed E-state index contributed by atoms with van der Waals surface area (Å²) in [6.07, 6.45) is -4.65. The molecular formula is C23H14Cl2F3N3O. The number of nitrogens with zero attached hydrogens (tertiary/aromatic N) is 2. The van der Waals surface area contributed by atoms with Gasteiger partial charge >= 0.3 is 6.18 Å². The molecule has 1 aromatic heterocycles. The third kappa shape index (κ3) is 4.35. The monoisotopic (exact) mass is 475 g/mol. The first-order valence-electron chi connectivity index (χ1n) is 9.27. The van der Waals surface area contributed by atoms with Gasteiger partial charge in [0.25, 0.3) is 0 Å². The van der Waals surface area contributed by atoms with Crippen molar-refractivity contribution in [1.82, 2.24) is 9.78 Å². The number of hydrogen-bond donors (Lipinski definition) is 1. The lowest BCUT2D eigenvalue weighted by atomic mass is 10.0. The summed E-state index contributed by atoms with van der Waals surface area (Å²) in [5, 5.41) is 4.53. The van der Waals surface area contributed by atoms with Gasteiger partial charge in [0.15, 0.2) is 5.69 Å². The van der Waals surface area contributed by atoms with Crippen LogP contribution >= 0.6 is 23.2 Å². The quantitative estimate of drug-likeness (QED) is 0.360. The summed E-state index contributed by atoms with van der Waals surface area (Å²) in [7, 11) is 0. The summed E-state index contributed by atoms with van der Waals surface area (Å²) in [6.45, 7) is 0. The van der Waals surface area contributed by atoms with E-state index in [0.717, 1.165) is 21.9 Å². The maximum absolute atomic E-state index is 13.4. The minimum atomic E-state index is -4.65. The number of primary amides is 1. The first kappa shape index (κ1) is 21.9. The first-order valence-corrected chi connectivity index (χ1v) is 10.0. The smallest absolute Gasteiger partial charge is 0.366 e. The van der Waals surface area contributed by atoms with E-state index in [1.54, 1.807) is 36.4 Å². The highest BCUT2D eigenvalue weighted by Crippen LogP contribution is 2.37. The molecule has 3 aromatic carbocycles. The van der Waals surface area contributed by atoms with E-state index in [2.05, 4.69) is 5.10 Å². The molecule has 0 atom stereocenters. The van der Waals surface area contributed by atoms with Gasteiger partial charge in [-0.1, -0.05) is 47.5 Å². The first-order chi connectivity index (χ1) is 15.1. The minimum absolute atomic E-state index is 0.145. The minimum Gasteiger partial charge on any atom is -0.366 e. The van der Waals surface area contributed by atoms with Crippen molar-refractivity contribution in [1.29, 1.82) is 0 Å². The molecule has 0 saturated heterocycles. The molecule has 0 radical (unpaired) electrons. The van der Waals surface area contributed by atoms with Crippen LogP contribution in [0.2, 0.25) is 10.0 Å². The number of hydrogen-bond acceptors (Lipinski definition) is 2. The number of nitrogens with two attached hydrogens (primary N) is 1. The normalized spacial score (nSPS) is 11.5. The van der Waals surface area contributed by atoms with Crippen LogP contribution < -0.4 is 5.73 Å². The molecule has 2 N–H and O–H groups in total. The Labute approximate surface area is 191 Å². The van der Waals surface area contributed by atoms with Crippen LogP contribution in [0.5, 0.6) is 0 Å². The molecule has 1 heterocycles. The van der Waals surface area contributed by atoms with Gasteiger partial charge in [-0.05, 0) is 59.7 Å². The van der Waals surface area contributed by atoms with Crippen LogP contribution in [-0.4, -0.2) is 15.7 Å². The third-order valence-electron chi connectivity index (χ3n) is 4.80. The average molecular weight is 476 g/mol. The SMILES string of the molecule is NC(=O)c1ccc(-n2nc(C(F)(F)F)cc2-c2ccc(-c3cccc(Cl)c3)cc2Cl)cc1. The fourth-order valence-electron chi connectivity index (χ4n) is 3.25. The van der Waals surface area contributed by atoms with E-state index in [9.17, 15) is 18.0 Å². The largest absolute Gasteiger partial charge is 0.435 e. The Hall–Kier alpha value is -3.29. The Balaban J connectivity index is 1.84. The van der Waals surface area contributed by atoms with Crippen molar-refractivity contribution < 1.29 is 18.0 Å². The van der Waals surface area contributed by atoms with Crippen LogP contribution in [0.25, 0.3) is 28.1 Å². The number of halogens is 5. The summed E-state index contributed by atoms with van der Waals surface area (Å²) >= 11 is 12.5. The topological polar surface area (TPSA) is 60.9 Å². The number of alkyl halides is 3. The molecule has 9 heteroatoms. The van der Waals surface area contributed by atoms with Crippen LogP contribution in [-0.2, 0) is 6.18 Å². The van der Waals surface area contributed by atoms with Gasteiger partial charge in [-0.15, -0.1) is 0 Å². The van der Waals surface area contributed by atoms with Crippen LogP contribution in [0.15, 0.2) is 72.8 Å². The van der Waals surface area contributed by atoms with Crippen molar-refractivity contribution in [2.75, 3.05) is 0 Å². The molecule has 0 unspecified atom stereocenters. The van der Waals surface area contributed by atoms with Crippen LogP contribution in [0.1, 0.15) is 16.1 Å². The van der Waals surface area contributed by atoms with Gasteiger partial charge in [0, 0.05) is 16.1 Å². The van der Waals surface area contributed by atoms with Gasteiger partial charge in [-0.2, -0.15) is 18.3 Å². The zero-order valence-corrected chi connectivity index (χ0v) is 17.7. The second kappa shape index (κ2) is 8.33. The molecule has 0 aliphatic carbocycles. The molecule has 4 aromatic rings. The molecule has 162 valence electrons. The van der Waals surface area contributed by atoms with Crippen molar-refractivity contribution >= 4 is 29.1 Å². The van der Waals surface area contributed by atoms with Gasteiger partial charge in [0.05, 0.1) is 16.4 Å². The summed E-state index contributed by atoms with van der Waals surface area (Å²) in [6, 6.07) is 18.9. The molecule has 0 spiro atoms. The van der Waals surface area contributed by atoms with Crippen molar-refractivity contribution in [3.05, 3.63) is 94.1 Å². The van der Waals surface area contributed by atoms with Crippen LogP contribution in [0.3, 0.4) is 0 Å². The Kier molecular flexibility index (Phi) is 5.71. The highest BCUT2D eigenvalue weighted by Gasteiger charge is 2.35. The number of amides is 1. The molecule has 4 nitrogen and oxygen atoms in total. The third-order valence-corrected chi connectivity index (χ3v) is 5.35. The molecule has 0 aliphatic heterocycles. The second-order valence-corrected chi connectivity index (χ2v) is 7.78. The predicted molar refractivity (Wildman–Crippen MR) is 118 cm³/mol. The van der Waals surface area contributed by atoms with Crippen molar-refractivity contribution in [3.8, 4) is 28.1 Å². The van der Waals surface area contributed by atoms with Gasteiger partial charge in [0.1, 0.15) is 0 Å². The maximum atomic E-state index is 13.4. The van der Waals surface area contributed by atoms with E-state index in [1.165, 1.54) is 24.3 Å². The summed E-state index contributed by atoms with van der Waals surface area (Å²) in [4.78, 5) is 11.3. The predicted octanol–water partition coefficient (Wildman–Crippen LogP) is 6.63. The zero-order valence-electron chi connectivity index (χ0n) is 16.2. The fourth-order valence-corrected chi connectivity index (χ4v) is 3.71. The van der Waals surface area contributed by atoms with Crippen molar-refractivity contribution in [3.63, 3.8) is 0 Å². The Morgan fingerprint density at radius 2 is 1.59 bits per heavy atom. The zero-order chi connectivity index (χ0) is 23.0. The molecule has 0 fully saturated rings. The lowest BCUT2D eigenvalue weighted by Gasteiger charge is -2.11. The molecule has 0 aliphatic rings. The number of aromatic nitrogens is 2. The van der Waals surface area contributed by atoms with Crippen LogP contribution in [0, 0.1) is 0 Å². The number of rotatable bonds is 4. The van der Waals surface area contributed by atoms with E-state index in [4.69, 9.17) is 28.9 Å². The van der Waals surface area contributed by atoms with Gasteiger partial charge in [-0.3, -0.25) is 4.79 Å². The van der Waals surface area contributed by atoms with E-state index in [1.807, 2.05) is 6.07 Å². The highest BCUT2D eigenvalue weighted by atomic mass is 35.5. The van der Waals surface area contributed by atoms with E-state index in [-0.39, 0.29) is 16.3 Å². The lowest BCUT2D eigenvalue weighted by Crippen LogP contribution is -2.11. The standard InChI is InChI=1S/C23H14Cl2F3N3O/c24-16-3-1-2-14(10-16)15-6-9-18(19(25)11-15)20-12-21(23(26,27)28)30-31(20)17-7-4-13(5-8-17)22(29)32/h1-12H,(H2,29,32). The Bertz CT molecular complexity index is 1320. The molecule has 0 saturated carbocycles. The van der Waals surface area contributed by atoms with Gasteiger partial charge in [0.2, 0.25) is 5.91 Å². The summed E-state index contributed by atoms with van der Waals surface area (Å²) in [5.74, 6) is -0.645. The molecule has 4 rings (SSSR count). The Morgan fingerprint density at radius 1 is 0.906 bits per heavy atom. The summed E-state index contributed by atoms with van der Waals surface area (Å²) < 4.78 is 41.4. The molecule has 1 amide bonds.